The average molecular weight is 410 g/mol. The molecule has 1 aliphatic rings. The van der Waals surface area contributed by atoms with E-state index in [1.807, 2.05) is 37.3 Å². The zero-order valence-corrected chi connectivity index (χ0v) is 16.9. The van der Waals surface area contributed by atoms with Crippen molar-refractivity contribution in [2.45, 2.75) is 44.7 Å². The van der Waals surface area contributed by atoms with Crippen LogP contribution in [0.3, 0.4) is 0 Å². The van der Waals surface area contributed by atoms with Crippen LogP contribution in [0.5, 0.6) is 0 Å². The number of benzene rings is 1. The third-order valence-electron chi connectivity index (χ3n) is 5.61. The number of carbonyl (C=O) groups is 2. The number of aromatic amines is 1. The van der Waals surface area contributed by atoms with Gasteiger partial charge in [-0.2, -0.15) is 5.26 Å². The second-order valence-electron chi connectivity index (χ2n) is 7.74. The number of H-pyrrole nitrogens is 1. The van der Waals surface area contributed by atoms with Gasteiger partial charge < -0.3 is 15.3 Å². The molecule has 3 rings (SSSR count). The van der Waals surface area contributed by atoms with Gasteiger partial charge in [0.05, 0.1) is 29.8 Å². The lowest BCUT2D eigenvalue weighted by Crippen LogP contribution is -2.61. The first-order valence-electron chi connectivity index (χ1n) is 10.1. The molecular weight excluding hydrogens is 384 g/mol. The van der Waals surface area contributed by atoms with E-state index in [0.29, 0.717) is 25.7 Å². The summed E-state index contributed by atoms with van der Waals surface area (Å²) < 4.78 is 0. The number of aromatic nitrogens is 3. The summed E-state index contributed by atoms with van der Waals surface area (Å²) in [6.07, 6.45) is 2.64. The first kappa shape index (κ1) is 21.3. The van der Waals surface area contributed by atoms with E-state index in [2.05, 4.69) is 26.8 Å². The third-order valence-corrected chi connectivity index (χ3v) is 5.61. The first-order valence-corrected chi connectivity index (χ1v) is 10.1. The highest BCUT2D eigenvalue weighted by molar-refractivity contribution is 5.76. The Balaban J connectivity index is 1.68. The lowest BCUT2D eigenvalue weighted by atomic mass is 9.77. The normalized spacial score (nSPS) is 23.5. The molecule has 4 unspecified atom stereocenters. The van der Waals surface area contributed by atoms with E-state index in [-0.39, 0.29) is 18.4 Å². The van der Waals surface area contributed by atoms with Crippen molar-refractivity contribution in [2.24, 2.45) is 11.8 Å². The van der Waals surface area contributed by atoms with E-state index in [9.17, 15) is 20.0 Å². The maximum atomic E-state index is 12.5. The second-order valence-corrected chi connectivity index (χ2v) is 7.74. The van der Waals surface area contributed by atoms with Gasteiger partial charge in [0, 0.05) is 19.2 Å². The Morgan fingerprint density at radius 1 is 1.37 bits per heavy atom. The lowest BCUT2D eigenvalue weighted by Gasteiger charge is -2.45. The number of hydrogen-bond donors (Lipinski definition) is 3. The van der Waals surface area contributed by atoms with Crippen molar-refractivity contribution in [3.05, 3.63) is 47.8 Å². The molecule has 0 aliphatic carbocycles. The Morgan fingerprint density at radius 3 is 2.77 bits per heavy atom. The quantitative estimate of drug-likeness (QED) is 0.639. The molecular formula is C21H26N6O3. The van der Waals surface area contributed by atoms with Gasteiger partial charge in [-0.25, -0.2) is 4.79 Å². The van der Waals surface area contributed by atoms with Gasteiger partial charge in [-0.15, -0.1) is 5.10 Å². The molecule has 1 fully saturated rings. The summed E-state index contributed by atoms with van der Waals surface area (Å²) in [4.78, 5) is 25.7. The number of rotatable bonds is 7. The SMILES string of the molecule is CC1CN(C(=O)O)C(Cc2ccccc2)C(C#N)C1NC(=O)CCCc1c[nH]nn1. The summed E-state index contributed by atoms with van der Waals surface area (Å²) in [5.74, 6) is -0.945. The van der Waals surface area contributed by atoms with E-state index >= 15 is 0 Å². The lowest BCUT2D eigenvalue weighted by molar-refractivity contribution is -0.123. The zero-order chi connectivity index (χ0) is 21.5. The van der Waals surface area contributed by atoms with Crippen molar-refractivity contribution < 1.29 is 14.7 Å². The molecule has 3 N–H and O–H groups in total. The number of carbonyl (C=O) groups excluding carboxylic acids is 1. The molecule has 158 valence electrons. The number of piperidine rings is 1. The van der Waals surface area contributed by atoms with Crippen molar-refractivity contribution in [3.63, 3.8) is 0 Å². The van der Waals surface area contributed by atoms with Crippen molar-refractivity contribution in [2.75, 3.05) is 6.54 Å². The fourth-order valence-electron chi connectivity index (χ4n) is 4.09. The van der Waals surface area contributed by atoms with Gasteiger partial charge in [-0.05, 0) is 30.7 Å². The Bertz CT molecular complexity index is 880. The van der Waals surface area contributed by atoms with E-state index in [0.717, 1.165) is 11.3 Å². The maximum Gasteiger partial charge on any atom is 0.407 e. The highest BCUT2D eigenvalue weighted by Gasteiger charge is 2.44. The fourth-order valence-corrected chi connectivity index (χ4v) is 4.09. The molecule has 1 aliphatic heterocycles. The van der Waals surface area contributed by atoms with E-state index in [1.54, 1.807) is 6.20 Å². The standard InChI is InChI=1S/C21H26N6O3/c1-14-13-27(21(29)30)18(10-15-6-3-2-4-7-15)17(11-22)20(14)24-19(28)9-5-8-16-12-23-26-25-16/h2-4,6-7,12,14,17-18,20H,5,8-10,13H2,1H3,(H,24,28)(H,29,30)(H,23,25,26). The monoisotopic (exact) mass is 410 g/mol. The maximum absolute atomic E-state index is 12.5. The number of hydrogen-bond acceptors (Lipinski definition) is 5. The van der Waals surface area contributed by atoms with Crippen LogP contribution in [0.4, 0.5) is 4.79 Å². The number of amides is 2. The van der Waals surface area contributed by atoms with Gasteiger partial charge in [0.1, 0.15) is 0 Å². The van der Waals surface area contributed by atoms with Crippen LogP contribution in [0.25, 0.3) is 0 Å². The molecule has 1 aromatic carbocycles. The molecule has 0 bridgehead atoms. The second kappa shape index (κ2) is 9.87. The zero-order valence-electron chi connectivity index (χ0n) is 16.9. The molecule has 0 spiro atoms. The first-order chi connectivity index (χ1) is 14.5. The molecule has 9 nitrogen and oxygen atoms in total. The van der Waals surface area contributed by atoms with Crippen LogP contribution in [-0.2, 0) is 17.6 Å². The Hall–Kier alpha value is -3.41. The minimum atomic E-state index is -1.04. The molecule has 2 heterocycles. The minimum Gasteiger partial charge on any atom is -0.465 e. The van der Waals surface area contributed by atoms with Gasteiger partial charge in [-0.1, -0.05) is 42.5 Å². The molecule has 2 aromatic rings. The van der Waals surface area contributed by atoms with E-state index in [1.165, 1.54) is 4.90 Å². The average Bonchev–Trinajstić information content (AvgIpc) is 3.24. The van der Waals surface area contributed by atoms with Crippen LogP contribution >= 0.6 is 0 Å². The van der Waals surface area contributed by atoms with Crippen molar-refractivity contribution in [3.8, 4) is 6.07 Å². The summed E-state index contributed by atoms with van der Waals surface area (Å²) in [6.45, 7) is 2.15. The predicted octanol–water partition coefficient (Wildman–Crippen LogP) is 1.99. The topological polar surface area (TPSA) is 135 Å². The van der Waals surface area contributed by atoms with Crippen molar-refractivity contribution >= 4 is 12.0 Å². The smallest absolute Gasteiger partial charge is 0.407 e. The molecule has 30 heavy (non-hydrogen) atoms. The number of carboxylic acid groups (broad SMARTS) is 1. The molecule has 4 atom stereocenters. The number of likely N-dealkylation sites (tertiary alicyclic amines) is 1. The predicted molar refractivity (Wildman–Crippen MR) is 108 cm³/mol. The number of nitrogens with zero attached hydrogens (tertiary/aromatic N) is 4. The van der Waals surface area contributed by atoms with Gasteiger partial charge in [-0.3, -0.25) is 9.89 Å². The number of nitriles is 1. The molecule has 2 amide bonds. The number of nitrogens with one attached hydrogen (secondary N) is 2. The Labute approximate surface area is 175 Å². The van der Waals surface area contributed by atoms with Crippen LogP contribution in [-0.4, -0.2) is 56.0 Å². The molecule has 1 saturated heterocycles. The van der Waals surface area contributed by atoms with Crippen LogP contribution in [0.1, 0.15) is 31.0 Å². The van der Waals surface area contributed by atoms with E-state index in [4.69, 9.17) is 0 Å². The molecule has 0 radical (unpaired) electrons. The minimum absolute atomic E-state index is 0.141. The highest BCUT2D eigenvalue weighted by atomic mass is 16.4. The van der Waals surface area contributed by atoms with Crippen molar-refractivity contribution in [1.29, 1.82) is 5.26 Å². The fraction of sp³-hybridized carbons (Fsp3) is 0.476. The van der Waals surface area contributed by atoms with Gasteiger partial charge in [0.15, 0.2) is 0 Å². The molecule has 1 aromatic heterocycles. The van der Waals surface area contributed by atoms with E-state index < -0.39 is 24.1 Å². The van der Waals surface area contributed by atoms with Crippen LogP contribution in [0, 0.1) is 23.2 Å². The Kier molecular flexibility index (Phi) is 7.01. The summed E-state index contributed by atoms with van der Waals surface area (Å²) in [5.41, 5.74) is 1.75. The summed E-state index contributed by atoms with van der Waals surface area (Å²) in [6, 6.07) is 10.9. The molecule has 0 saturated carbocycles. The third kappa shape index (κ3) is 5.14. The van der Waals surface area contributed by atoms with Crippen LogP contribution in [0.2, 0.25) is 0 Å². The summed E-state index contributed by atoms with van der Waals surface area (Å²) in [7, 11) is 0. The van der Waals surface area contributed by atoms with Gasteiger partial charge in [0.25, 0.3) is 0 Å². The molecule has 9 heteroatoms. The van der Waals surface area contributed by atoms with Gasteiger partial charge >= 0.3 is 6.09 Å². The Morgan fingerprint density at radius 2 is 2.13 bits per heavy atom. The van der Waals surface area contributed by atoms with Gasteiger partial charge in [0.2, 0.25) is 5.91 Å². The number of aryl methyl sites for hydroxylation is 1. The van der Waals surface area contributed by atoms with Crippen LogP contribution in [0.15, 0.2) is 36.5 Å². The van der Waals surface area contributed by atoms with Crippen molar-refractivity contribution in [1.82, 2.24) is 25.6 Å². The highest BCUT2D eigenvalue weighted by Crippen LogP contribution is 2.30. The largest absolute Gasteiger partial charge is 0.465 e. The van der Waals surface area contributed by atoms with Crippen LogP contribution < -0.4 is 5.32 Å². The summed E-state index contributed by atoms with van der Waals surface area (Å²) in [5, 5.41) is 32.8. The summed E-state index contributed by atoms with van der Waals surface area (Å²) >= 11 is 0.